The van der Waals surface area contributed by atoms with E-state index in [0.29, 0.717) is 0 Å². The molecule has 5 heteroatoms. The third-order valence-electron chi connectivity index (χ3n) is 3.40. The predicted octanol–water partition coefficient (Wildman–Crippen LogP) is 4.12. The van der Waals surface area contributed by atoms with Gasteiger partial charge in [0, 0.05) is 11.4 Å². The smallest absolute Gasteiger partial charge is 0.662 e. The van der Waals surface area contributed by atoms with Crippen LogP contribution in [0.1, 0.15) is 50.2 Å². The first-order valence-corrected chi connectivity index (χ1v) is 7.20. The average molecular weight is 318 g/mol. The Morgan fingerprint density at radius 2 is 1.40 bits per heavy atom. The van der Waals surface area contributed by atoms with Crippen LogP contribution in [0.3, 0.4) is 0 Å². The van der Waals surface area contributed by atoms with Gasteiger partial charge in [-0.25, -0.2) is 0 Å². The fraction of sp³-hybridized carbons (Fsp3) is 0.667. The second-order valence-corrected chi connectivity index (χ2v) is 5.03. The Bertz CT molecular complexity index is 355. The molecule has 0 aromatic carbocycles. The largest absolute Gasteiger partial charge is 2.00 e. The van der Waals surface area contributed by atoms with Gasteiger partial charge in [0.2, 0.25) is 0 Å². The van der Waals surface area contributed by atoms with Gasteiger partial charge >= 0.3 is 16.5 Å². The Labute approximate surface area is 132 Å². The van der Waals surface area contributed by atoms with Gasteiger partial charge in [-0.1, -0.05) is 44.8 Å². The van der Waals surface area contributed by atoms with Crippen molar-refractivity contribution in [2.45, 2.75) is 38.8 Å². The molecule has 4 nitrogen and oxygen atoms in total. The standard InChI is InChI=1S/C15H23N4.Ni/c1-12-14-6-3-7-15(19-14)13(2)18-11-5-9-16-8-4-10-17-12;/h3,6-7,12-13H,4-5,8-11H2,1-2H3;/q-3;+2. The molecule has 20 heavy (non-hydrogen) atoms. The van der Waals surface area contributed by atoms with Crippen LogP contribution in [0, 0.1) is 0 Å². The minimum Gasteiger partial charge on any atom is -0.662 e. The molecule has 2 unspecified atom stereocenters. The van der Waals surface area contributed by atoms with Gasteiger partial charge in [0.15, 0.2) is 0 Å². The zero-order valence-corrected chi connectivity index (χ0v) is 13.2. The van der Waals surface area contributed by atoms with Crippen molar-refractivity contribution in [2.24, 2.45) is 0 Å². The topological polar surface area (TPSA) is 55.2 Å². The van der Waals surface area contributed by atoms with E-state index in [2.05, 4.69) is 48.0 Å². The summed E-state index contributed by atoms with van der Waals surface area (Å²) in [7, 11) is 0. The Morgan fingerprint density at radius 1 is 0.900 bits per heavy atom. The average Bonchev–Trinajstić information content (AvgIpc) is 2.44. The van der Waals surface area contributed by atoms with E-state index in [0.717, 1.165) is 50.4 Å². The van der Waals surface area contributed by atoms with Crippen LogP contribution in [0.5, 0.6) is 0 Å². The summed E-state index contributed by atoms with van der Waals surface area (Å²) in [4.78, 5) is 4.71. The minimum absolute atomic E-state index is 0. The van der Waals surface area contributed by atoms with Crippen molar-refractivity contribution in [2.75, 3.05) is 26.2 Å². The van der Waals surface area contributed by atoms with Crippen molar-refractivity contribution in [1.29, 1.82) is 0 Å². The van der Waals surface area contributed by atoms with E-state index in [1.807, 2.05) is 0 Å². The molecule has 0 saturated heterocycles. The molecule has 1 aromatic heterocycles. The first-order valence-electron chi connectivity index (χ1n) is 7.20. The van der Waals surface area contributed by atoms with E-state index in [-0.39, 0.29) is 28.6 Å². The van der Waals surface area contributed by atoms with E-state index in [1.165, 1.54) is 0 Å². The summed E-state index contributed by atoms with van der Waals surface area (Å²) in [5.74, 6) is 0. The summed E-state index contributed by atoms with van der Waals surface area (Å²) >= 11 is 0. The molecule has 2 bridgehead atoms. The Kier molecular flexibility index (Phi) is 8.31. The van der Waals surface area contributed by atoms with Crippen LogP contribution in [0.25, 0.3) is 16.0 Å². The van der Waals surface area contributed by atoms with Gasteiger partial charge < -0.3 is 16.0 Å². The Morgan fingerprint density at radius 3 is 1.90 bits per heavy atom. The van der Waals surface area contributed by atoms with Gasteiger partial charge in [-0.05, 0) is 12.1 Å². The summed E-state index contributed by atoms with van der Waals surface area (Å²) in [5.41, 5.74) is 2.10. The minimum atomic E-state index is 0. The van der Waals surface area contributed by atoms with Crippen LogP contribution in [0.2, 0.25) is 0 Å². The number of rotatable bonds is 0. The van der Waals surface area contributed by atoms with E-state index in [1.54, 1.807) is 0 Å². The van der Waals surface area contributed by atoms with E-state index < -0.39 is 0 Å². The number of fused-ring (bicyclic) bond motifs is 2. The summed E-state index contributed by atoms with van der Waals surface area (Å²) < 4.78 is 0. The molecule has 0 saturated carbocycles. The Hall–Kier alpha value is -0.476. The molecule has 1 aromatic rings. The van der Waals surface area contributed by atoms with Crippen LogP contribution >= 0.6 is 0 Å². The van der Waals surface area contributed by atoms with Gasteiger partial charge in [0.25, 0.3) is 0 Å². The molecular formula is C15H23N4Ni-. The maximum absolute atomic E-state index is 4.71. The quantitative estimate of drug-likeness (QED) is 0.664. The van der Waals surface area contributed by atoms with Crippen molar-refractivity contribution >= 4 is 0 Å². The van der Waals surface area contributed by atoms with Gasteiger partial charge in [-0.15, -0.1) is 0 Å². The first kappa shape index (κ1) is 17.6. The zero-order valence-electron chi connectivity index (χ0n) is 12.2. The number of aromatic nitrogens is 1. The molecule has 114 valence electrons. The van der Waals surface area contributed by atoms with Crippen molar-refractivity contribution in [3.63, 3.8) is 0 Å². The van der Waals surface area contributed by atoms with E-state index in [9.17, 15) is 0 Å². The van der Waals surface area contributed by atoms with Crippen molar-refractivity contribution in [1.82, 2.24) is 4.98 Å². The van der Waals surface area contributed by atoms with Crippen LogP contribution in [0.4, 0.5) is 0 Å². The SMILES string of the molecule is CC1[N-]CCC[N-]CCC[N-]C(C)c2cccc1n2.[Ni+2]. The maximum atomic E-state index is 4.71. The third-order valence-corrected chi connectivity index (χ3v) is 3.40. The second-order valence-electron chi connectivity index (χ2n) is 5.03. The molecule has 0 radical (unpaired) electrons. The molecule has 2 heterocycles. The van der Waals surface area contributed by atoms with Crippen molar-refractivity contribution in [3.8, 4) is 0 Å². The fourth-order valence-electron chi connectivity index (χ4n) is 2.17. The first-order chi connectivity index (χ1) is 9.27. The second kappa shape index (κ2) is 9.46. The van der Waals surface area contributed by atoms with Gasteiger partial charge in [-0.3, -0.25) is 4.98 Å². The van der Waals surface area contributed by atoms with E-state index in [4.69, 9.17) is 4.98 Å². The maximum Gasteiger partial charge on any atom is 2.00 e. The van der Waals surface area contributed by atoms with Crippen LogP contribution in [-0.4, -0.2) is 31.2 Å². The fourth-order valence-corrected chi connectivity index (χ4v) is 2.17. The van der Waals surface area contributed by atoms with Crippen molar-refractivity contribution < 1.29 is 16.5 Å². The van der Waals surface area contributed by atoms with Gasteiger partial charge in [0.05, 0.1) is 0 Å². The number of pyridine rings is 1. The number of hydrogen-bond donors (Lipinski definition) is 0. The molecular weight excluding hydrogens is 295 g/mol. The molecule has 2 atom stereocenters. The molecule has 1 aliphatic heterocycles. The van der Waals surface area contributed by atoms with E-state index >= 15 is 0 Å². The molecule has 0 spiro atoms. The molecule has 0 aliphatic carbocycles. The Balaban J connectivity index is 0.00000200. The third kappa shape index (κ3) is 5.49. The number of nitrogens with zero attached hydrogens (tertiary/aromatic N) is 4. The normalized spacial score (nSPS) is 25.3. The molecule has 2 rings (SSSR count). The van der Waals surface area contributed by atoms with Crippen LogP contribution in [0.15, 0.2) is 18.2 Å². The summed E-state index contributed by atoms with van der Waals surface area (Å²) in [6.07, 6.45) is 2.08. The van der Waals surface area contributed by atoms with Crippen LogP contribution in [-0.2, 0) is 16.5 Å². The summed E-state index contributed by atoms with van der Waals surface area (Å²) in [6.45, 7) is 7.79. The molecule has 0 amide bonds. The van der Waals surface area contributed by atoms with Gasteiger partial charge in [0.1, 0.15) is 0 Å². The molecule has 0 N–H and O–H groups in total. The zero-order chi connectivity index (χ0) is 13.5. The predicted molar refractivity (Wildman–Crippen MR) is 79.8 cm³/mol. The summed E-state index contributed by atoms with van der Waals surface area (Å²) in [5, 5.41) is 13.8. The molecule has 1 aliphatic rings. The summed E-state index contributed by atoms with van der Waals surface area (Å²) in [6, 6.07) is 6.50. The molecule has 0 fully saturated rings. The number of hydrogen-bond acceptors (Lipinski definition) is 1. The van der Waals surface area contributed by atoms with Crippen LogP contribution < -0.4 is 0 Å². The van der Waals surface area contributed by atoms with Crippen molar-refractivity contribution in [3.05, 3.63) is 45.5 Å². The van der Waals surface area contributed by atoms with Gasteiger partial charge in [-0.2, -0.15) is 26.2 Å². The monoisotopic (exact) mass is 317 g/mol.